The Bertz CT molecular complexity index is 1090. The van der Waals surface area contributed by atoms with Crippen molar-refractivity contribution in [2.24, 2.45) is 0 Å². The van der Waals surface area contributed by atoms with Gasteiger partial charge in [0.2, 0.25) is 5.91 Å². The molecule has 194 valence electrons. The second kappa shape index (κ2) is 13.2. The van der Waals surface area contributed by atoms with Gasteiger partial charge in [0.05, 0.1) is 27.8 Å². The third kappa shape index (κ3) is 7.75. The van der Waals surface area contributed by atoms with E-state index in [4.69, 9.17) is 23.2 Å². The molecule has 12 heteroatoms. The Balaban J connectivity index is 1.59. The number of carboxylic acids is 1. The Morgan fingerprint density at radius 2 is 1.86 bits per heavy atom. The molecule has 0 spiro atoms. The number of phenolic OH excluding ortho intramolecular Hbond substituents is 1. The molecule has 1 unspecified atom stereocenters. The van der Waals surface area contributed by atoms with Gasteiger partial charge in [0.15, 0.2) is 0 Å². The highest BCUT2D eigenvalue weighted by Gasteiger charge is 2.26. The van der Waals surface area contributed by atoms with Crippen LogP contribution in [0.15, 0.2) is 36.4 Å². The number of carbonyl (C=O) groups is 3. The number of aliphatic hydroxyl groups is 1. The molecular formula is C24H27Cl2N3O6S. The normalized spacial score (nSPS) is 16.8. The van der Waals surface area contributed by atoms with Gasteiger partial charge >= 0.3 is 5.97 Å². The highest BCUT2D eigenvalue weighted by Crippen LogP contribution is 2.31. The number of nitrogens with one attached hydrogen (secondary N) is 3. The van der Waals surface area contributed by atoms with E-state index in [9.17, 15) is 29.7 Å². The summed E-state index contributed by atoms with van der Waals surface area (Å²) in [7, 11) is 0. The lowest BCUT2D eigenvalue weighted by molar-refractivity contribution is -0.139. The van der Waals surface area contributed by atoms with Crippen molar-refractivity contribution >= 4 is 52.7 Å². The first-order valence-electron chi connectivity index (χ1n) is 11.2. The van der Waals surface area contributed by atoms with Crippen molar-refractivity contribution in [2.75, 3.05) is 18.2 Å². The van der Waals surface area contributed by atoms with Crippen LogP contribution in [0.2, 0.25) is 10.0 Å². The summed E-state index contributed by atoms with van der Waals surface area (Å²) in [6, 6.07) is 7.94. The molecule has 1 heterocycles. The third-order valence-electron chi connectivity index (χ3n) is 5.66. The van der Waals surface area contributed by atoms with Gasteiger partial charge in [-0.05, 0) is 54.7 Å². The molecule has 1 saturated heterocycles. The highest BCUT2D eigenvalue weighted by molar-refractivity contribution is 7.99. The van der Waals surface area contributed by atoms with E-state index in [0.29, 0.717) is 30.0 Å². The first-order chi connectivity index (χ1) is 17.2. The molecule has 9 nitrogen and oxygen atoms in total. The number of rotatable bonds is 11. The fraction of sp³-hybridized carbons (Fsp3) is 0.375. The first-order valence-corrected chi connectivity index (χ1v) is 13.1. The molecule has 36 heavy (non-hydrogen) atoms. The number of phenols is 1. The lowest BCUT2D eigenvalue weighted by Gasteiger charge is -2.18. The van der Waals surface area contributed by atoms with E-state index < -0.39 is 24.0 Å². The van der Waals surface area contributed by atoms with Crippen LogP contribution in [0.4, 0.5) is 0 Å². The first kappa shape index (κ1) is 28.1. The molecule has 1 aliphatic rings. The topological polar surface area (TPSA) is 148 Å². The summed E-state index contributed by atoms with van der Waals surface area (Å²) in [6.07, 6.45) is -0.154. The van der Waals surface area contributed by atoms with Crippen molar-refractivity contribution in [3.05, 3.63) is 63.1 Å². The maximum Gasteiger partial charge on any atom is 0.326 e. The number of aryl methyl sites for hydroxylation is 1. The lowest BCUT2D eigenvalue weighted by atomic mass is 9.99. The zero-order valence-electron chi connectivity index (χ0n) is 19.2. The minimum absolute atomic E-state index is 0.0337. The minimum Gasteiger partial charge on any atom is -0.508 e. The van der Waals surface area contributed by atoms with Crippen LogP contribution in [0.25, 0.3) is 0 Å². The number of thioether (sulfide) groups is 1. The van der Waals surface area contributed by atoms with Crippen molar-refractivity contribution < 1.29 is 29.7 Å². The number of halogens is 2. The average molecular weight is 556 g/mol. The van der Waals surface area contributed by atoms with Crippen LogP contribution in [0, 0.1) is 0 Å². The Morgan fingerprint density at radius 1 is 1.14 bits per heavy atom. The molecule has 1 fully saturated rings. The molecule has 0 aromatic heterocycles. The largest absolute Gasteiger partial charge is 0.508 e. The minimum atomic E-state index is -1.27. The van der Waals surface area contributed by atoms with Crippen LogP contribution in [-0.4, -0.2) is 63.4 Å². The summed E-state index contributed by atoms with van der Waals surface area (Å²) >= 11 is 14.2. The number of aliphatic carboxylic acids is 1. The zero-order valence-corrected chi connectivity index (χ0v) is 21.5. The molecule has 2 amide bonds. The van der Waals surface area contributed by atoms with Crippen LogP contribution in [0.5, 0.6) is 5.75 Å². The zero-order chi connectivity index (χ0) is 26.2. The predicted molar refractivity (Wildman–Crippen MR) is 139 cm³/mol. The number of hydrogen-bond acceptors (Lipinski definition) is 7. The number of amides is 2. The molecule has 1 aliphatic heterocycles. The van der Waals surface area contributed by atoms with Crippen molar-refractivity contribution in [1.82, 2.24) is 16.0 Å². The monoisotopic (exact) mass is 555 g/mol. The van der Waals surface area contributed by atoms with Gasteiger partial charge in [-0.25, -0.2) is 4.79 Å². The SMILES string of the molecule is O=C(N[C@@H](CCNC(=O)[C@@H]1CSCN1)C(=O)O)c1c(Cl)cc(C(O)CCc2cccc(O)c2)cc1Cl. The predicted octanol–water partition coefficient (Wildman–Crippen LogP) is 2.72. The van der Waals surface area contributed by atoms with Gasteiger partial charge in [-0.2, -0.15) is 0 Å². The molecule has 0 aliphatic carbocycles. The Kier molecular flexibility index (Phi) is 10.3. The van der Waals surface area contributed by atoms with E-state index in [-0.39, 0.29) is 46.3 Å². The van der Waals surface area contributed by atoms with Crippen LogP contribution < -0.4 is 16.0 Å². The van der Waals surface area contributed by atoms with Crippen molar-refractivity contribution in [2.45, 2.75) is 37.5 Å². The van der Waals surface area contributed by atoms with E-state index in [1.54, 1.807) is 30.0 Å². The maximum atomic E-state index is 12.8. The summed E-state index contributed by atoms with van der Waals surface area (Å²) in [5.41, 5.74) is 1.14. The molecular weight excluding hydrogens is 529 g/mol. The van der Waals surface area contributed by atoms with E-state index in [1.165, 1.54) is 12.1 Å². The summed E-state index contributed by atoms with van der Waals surface area (Å²) in [5, 5.41) is 37.7. The lowest BCUT2D eigenvalue weighted by Crippen LogP contribution is -2.46. The van der Waals surface area contributed by atoms with Gasteiger partial charge < -0.3 is 26.0 Å². The fourth-order valence-electron chi connectivity index (χ4n) is 3.70. The van der Waals surface area contributed by atoms with Gasteiger partial charge in [0.1, 0.15) is 11.8 Å². The molecule has 2 aromatic rings. The third-order valence-corrected chi connectivity index (χ3v) is 7.20. The quantitative estimate of drug-likeness (QED) is 0.248. The number of hydrogen-bond donors (Lipinski definition) is 6. The summed E-state index contributed by atoms with van der Waals surface area (Å²) in [6.45, 7) is 0.0602. The number of benzene rings is 2. The molecule has 6 N–H and O–H groups in total. The van der Waals surface area contributed by atoms with E-state index in [1.807, 2.05) is 6.07 Å². The maximum absolute atomic E-state index is 12.8. The average Bonchev–Trinajstić information content (AvgIpc) is 3.36. The number of carboxylic acid groups (broad SMARTS) is 1. The van der Waals surface area contributed by atoms with Crippen LogP contribution >= 0.6 is 35.0 Å². The second-order valence-electron chi connectivity index (χ2n) is 8.30. The Morgan fingerprint density at radius 3 is 2.47 bits per heavy atom. The van der Waals surface area contributed by atoms with Gasteiger partial charge in [-0.3, -0.25) is 14.9 Å². The molecule has 3 rings (SSSR count). The molecule has 0 saturated carbocycles. The van der Waals surface area contributed by atoms with Crippen LogP contribution in [0.3, 0.4) is 0 Å². The second-order valence-corrected chi connectivity index (χ2v) is 10.1. The Labute approximate surface area is 222 Å². The molecule has 3 atom stereocenters. The molecule has 0 bridgehead atoms. The summed E-state index contributed by atoms with van der Waals surface area (Å²) in [5.74, 6) is -0.810. The number of carbonyl (C=O) groups excluding carboxylic acids is 2. The van der Waals surface area contributed by atoms with Gasteiger partial charge in [-0.15, -0.1) is 11.8 Å². The van der Waals surface area contributed by atoms with Crippen molar-refractivity contribution in [1.29, 1.82) is 0 Å². The number of aromatic hydroxyl groups is 1. The van der Waals surface area contributed by atoms with E-state index in [0.717, 1.165) is 5.56 Å². The van der Waals surface area contributed by atoms with Gasteiger partial charge in [-0.1, -0.05) is 35.3 Å². The van der Waals surface area contributed by atoms with Gasteiger partial charge in [0.25, 0.3) is 5.91 Å². The Hall–Kier alpha value is -2.50. The van der Waals surface area contributed by atoms with Gasteiger partial charge in [0, 0.05) is 18.2 Å². The standard InChI is InChI=1S/C24H27Cl2N3O6S/c25-16-9-14(20(31)5-4-13-2-1-3-15(30)8-13)10-17(26)21(16)23(33)29-18(24(34)35)6-7-27-22(32)19-11-36-12-28-19/h1-3,8-10,18-20,28,30-31H,4-7,11-12H2,(H,27,32)(H,29,33)(H,34,35)/t18-,19-,20?/m0/s1. The van der Waals surface area contributed by atoms with E-state index in [2.05, 4.69) is 16.0 Å². The molecule has 2 aromatic carbocycles. The molecule has 0 radical (unpaired) electrons. The van der Waals surface area contributed by atoms with Crippen molar-refractivity contribution in [3.63, 3.8) is 0 Å². The fourth-order valence-corrected chi connectivity index (χ4v) is 5.32. The summed E-state index contributed by atoms with van der Waals surface area (Å²) in [4.78, 5) is 36.5. The van der Waals surface area contributed by atoms with Crippen LogP contribution in [0.1, 0.15) is 40.4 Å². The smallest absolute Gasteiger partial charge is 0.326 e. The van der Waals surface area contributed by atoms with Crippen LogP contribution in [-0.2, 0) is 16.0 Å². The number of aliphatic hydroxyl groups excluding tert-OH is 1. The highest BCUT2D eigenvalue weighted by atomic mass is 35.5. The van der Waals surface area contributed by atoms with E-state index >= 15 is 0 Å². The summed E-state index contributed by atoms with van der Waals surface area (Å²) < 4.78 is 0. The van der Waals surface area contributed by atoms with Crippen molar-refractivity contribution in [3.8, 4) is 5.75 Å².